The zero-order valence-corrected chi connectivity index (χ0v) is 11.4. The number of nitro groups is 1. The summed E-state index contributed by atoms with van der Waals surface area (Å²) in [6, 6.07) is 4.14. The molecule has 0 bridgehead atoms. The van der Waals surface area contributed by atoms with Gasteiger partial charge < -0.3 is 0 Å². The highest BCUT2D eigenvalue weighted by atomic mass is 32.2. The van der Waals surface area contributed by atoms with Crippen molar-refractivity contribution in [2.75, 3.05) is 0 Å². The lowest BCUT2D eigenvalue weighted by Gasteiger charge is -2.26. The fourth-order valence-corrected chi connectivity index (χ4v) is 1.95. The summed E-state index contributed by atoms with van der Waals surface area (Å²) < 4.78 is 28.0. The van der Waals surface area contributed by atoms with Crippen LogP contribution in [0.2, 0.25) is 0 Å². The molecule has 1 aromatic rings. The van der Waals surface area contributed by atoms with Crippen LogP contribution in [0.4, 0.5) is 5.69 Å². The molecular formula is C10H14N2O6S. The van der Waals surface area contributed by atoms with E-state index in [1.807, 2.05) is 0 Å². The Morgan fingerprint density at radius 2 is 1.74 bits per heavy atom. The van der Waals surface area contributed by atoms with Crippen molar-refractivity contribution in [1.82, 2.24) is 5.23 Å². The molecule has 0 saturated carbocycles. The lowest BCUT2D eigenvalue weighted by atomic mass is 10.1. The predicted octanol–water partition coefficient (Wildman–Crippen LogP) is 1.70. The van der Waals surface area contributed by atoms with Gasteiger partial charge in [-0.15, -0.1) is 4.28 Å². The SMILES string of the molecule is CC(C)(C)N(O)OS(=O)(=O)c1ccc([N+](=O)[O-])cc1. The minimum Gasteiger partial charge on any atom is -0.288 e. The highest BCUT2D eigenvalue weighted by molar-refractivity contribution is 7.86. The predicted molar refractivity (Wildman–Crippen MR) is 64.7 cm³/mol. The van der Waals surface area contributed by atoms with Gasteiger partial charge in [0, 0.05) is 12.1 Å². The van der Waals surface area contributed by atoms with Gasteiger partial charge in [0.15, 0.2) is 0 Å². The molecule has 0 spiro atoms. The van der Waals surface area contributed by atoms with Gasteiger partial charge in [0.1, 0.15) is 0 Å². The van der Waals surface area contributed by atoms with Gasteiger partial charge in [0.05, 0.1) is 15.4 Å². The Morgan fingerprint density at radius 3 is 2.11 bits per heavy atom. The van der Waals surface area contributed by atoms with E-state index in [0.717, 1.165) is 24.3 Å². The molecule has 0 aliphatic rings. The highest BCUT2D eigenvalue weighted by Crippen LogP contribution is 2.20. The molecule has 0 aliphatic carbocycles. The van der Waals surface area contributed by atoms with Crippen LogP contribution < -0.4 is 0 Å². The molecule has 19 heavy (non-hydrogen) atoms. The van der Waals surface area contributed by atoms with E-state index in [-0.39, 0.29) is 15.8 Å². The monoisotopic (exact) mass is 290 g/mol. The molecule has 0 aromatic heterocycles. The average molecular weight is 290 g/mol. The van der Waals surface area contributed by atoms with Crippen molar-refractivity contribution in [2.24, 2.45) is 0 Å². The molecule has 9 heteroatoms. The number of nitrogens with zero attached hydrogens (tertiary/aromatic N) is 2. The van der Waals surface area contributed by atoms with Gasteiger partial charge in [0.2, 0.25) is 0 Å². The van der Waals surface area contributed by atoms with Gasteiger partial charge in [-0.2, -0.15) is 8.42 Å². The van der Waals surface area contributed by atoms with Gasteiger partial charge in [0.25, 0.3) is 5.69 Å². The third-order valence-corrected chi connectivity index (χ3v) is 3.27. The summed E-state index contributed by atoms with van der Waals surface area (Å²) in [4.78, 5) is 9.51. The molecular weight excluding hydrogens is 276 g/mol. The lowest BCUT2D eigenvalue weighted by molar-refractivity contribution is -0.384. The van der Waals surface area contributed by atoms with Crippen LogP contribution in [0.15, 0.2) is 29.2 Å². The lowest BCUT2D eigenvalue weighted by Crippen LogP contribution is -2.40. The third-order valence-electron chi connectivity index (χ3n) is 2.08. The summed E-state index contributed by atoms with van der Waals surface area (Å²) in [6.07, 6.45) is 0. The summed E-state index contributed by atoms with van der Waals surface area (Å²) in [5.74, 6) is 0. The summed E-state index contributed by atoms with van der Waals surface area (Å²) in [7, 11) is -4.23. The Balaban J connectivity index is 2.98. The second-order valence-corrected chi connectivity index (χ2v) is 6.25. The maximum absolute atomic E-state index is 11.8. The van der Waals surface area contributed by atoms with Crippen molar-refractivity contribution in [3.05, 3.63) is 34.4 Å². The summed E-state index contributed by atoms with van der Waals surface area (Å²) in [6.45, 7) is 4.62. The Kier molecular flexibility index (Phi) is 4.25. The van der Waals surface area contributed by atoms with Crippen molar-refractivity contribution in [3.8, 4) is 0 Å². The van der Waals surface area contributed by atoms with Gasteiger partial charge in [-0.3, -0.25) is 15.3 Å². The van der Waals surface area contributed by atoms with E-state index in [9.17, 15) is 23.7 Å². The van der Waals surface area contributed by atoms with E-state index >= 15 is 0 Å². The Labute approximate surface area is 110 Å². The smallest absolute Gasteiger partial charge is 0.288 e. The van der Waals surface area contributed by atoms with Crippen LogP contribution in [0.25, 0.3) is 0 Å². The quantitative estimate of drug-likeness (QED) is 0.663. The molecule has 1 aromatic carbocycles. The van der Waals surface area contributed by atoms with E-state index < -0.39 is 20.6 Å². The summed E-state index contributed by atoms with van der Waals surface area (Å²) in [5, 5.41) is 20.1. The van der Waals surface area contributed by atoms with Gasteiger partial charge in [-0.25, -0.2) is 0 Å². The van der Waals surface area contributed by atoms with Crippen LogP contribution in [-0.4, -0.2) is 29.3 Å². The number of benzene rings is 1. The third kappa shape index (κ3) is 3.96. The fourth-order valence-electron chi connectivity index (χ4n) is 0.982. The molecule has 0 unspecified atom stereocenters. The van der Waals surface area contributed by atoms with Crippen molar-refractivity contribution < 1.29 is 22.8 Å². The summed E-state index contributed by atoms with van der Waals surface area (Å²) >= 11 is 0. The Bertz CT molecular complexity index is 561. The Hall–Kier alpha value is -1.55. The molecule has 1 N–H and O–H groups in total. The van der Waals surface area contributed by atoms with Crippen molar-refractivity contribution >= 4 is 15.8 Å². The second-order valence-electron chi connectivity index (χ2n) is 4.72. The Morgan fingerprint density at radius 1 is 1.26 bits per heavy atom. The van der Waals surface area contributed by atoms with Crippen LogP contribution in [0, 0.1) is 10.1 Å². The molecule has 8 nitrogen and oxygen atoms in total. The molecule has 0 amide bonds. The van der Waals surface area contributed by atoms with E-state index in [0.29, 0.717) is 0 Å². The second kappa shape index (κ2) is 5.21. The van der Waals surface area contributed by atoms with E-state index in [4.69, 9.17) is 0 Å². The first-order chi connectivity index (χ1) is 8.54. The van der Waals surface area contributed by atoms with E-state index in [1.165, 1.54) is 0 Å². The van der Waals surface area contributed by atoms with Crippen molar-refractivity contribution in [3.63, 3.8) is 0 Å². The van der Waals surface area contributed by atoms with Crippen molar-refractivity contribution in [2.45, 2.75) is 31.2 Å². The molecule has 0 saturated heterocycles. The van der Waals surface area contributed by atoms with Crippen LogP contribution in [0.5, 0.6) is 0 Å². The van der Waals surface area contributed by atoms with Crippen LogP contribution in [0.1, 0.15) is 20.8 Å². The average Bonchev–Trinajstić information content (AvgIpc) is 2.27. The molecule has 0 radical (unpaired) electrons. The molecule has 0 aliphatic heterocycles. The number of rotatable bonds is 4. The first-order valence-corrected chi connectivity index (χ1v) is 6.63. The van der Waals surface area contributed by atoms with Crippen molar-refractivity contribution in [1.29, 1.82) is 0 Å². The fraction of sp³-hybridized carbons (Fsp3) is 0.400. The zero-order chi connectivity index (χ0) is 14.8. The summed E-state index contributed by atoms with van der Waals surface area (Å²) in [5.41, 5.74) is -1.18. The number of hydrogen-bond acceptors (Lipinski definition) is 7. The molecule has 0 fully saturated rings. The molecule has 1 rings (SSSR count). The number of non-ortho nitro benzene ring substituents is 1. The van der Waals surface area contributed by atoms with E-state index in [2.05, 4.69) is 4.28 Å². The molecule has 0 heterocycles. The molecule has 0 atom stereocenters. The maximum Gasteiger partial charge on any atom is 0.315 e. The number of hydroxylamine groups is 2. The number of nitro benzene ring substituents is 1. The van der Waals surface area contributed by atoms with Crippen LogP contribution >= 0.6 is 0 Å². The molecule has 106 valence electrons. The highest BCUT2D eigenvalue weighted by Gasteiger charge is 2.28. The van der Waals surface area contributed by atoms with Gasteiger partial charge in [-0.1, -0.05) is 0 Å². The first kappa shape index (κ1) is 15.5. The first-order valence-electron chi connectivity index (χ1n) is 5.22. The van der Waals surface area contributed by atoms with E-state index in [1.54, 1.807) is 20.8 Å². The van der Waals surface area contributed by atoms with Gasteiger partial charge >= 0.3 is 10.1 Å². The standard InChI is InChI=1S/C10H14N2O6S/c1-10(2,3)12(15)18-19(16,17)9-6-4-8(5-7-9)11(13)14/h4-7,15H,1-3H3. The zero-order valence-electron chi connectivity index (χ0n) is 10.6. The van der Waals surface area contributed by atoms with Crippen LogP contribution in [0.3, 0.4) is 0 Å². The normalized spacial score (nSPS) is 12.7. The van der Waals surface area contributed by atoms with Crippen LogP contribution in [-0.2, 0) is 14.4 Å². The largest absolute Gasteiger partial charge is 0.315 e. The topological polar surface area (TPSA) is 110 Å². The number of hydrogen-bond donors (Lipinski definition) is 1. The maximum atomic E-state index is 11.8. The minimum atomic E-state index is -4.23. The van der Waals surface area contributed by atoms with Gasteiger partial charge in [-0.05, 0) is 38.1 Å². The minimum absolute atomic E-state index is 0.212.